The largest absolute Gasteiger partial charge is 0.355 e. The van der Waals surface area contributed by atoms with Crippen LogP contribution >= 0.6 is 0 Å². The molecule has 0 saturated carbocycles. The molecule has 9 heteroatoms. The van der Waals surface area contributed by atoms with E-state index in [2.05, 4.69) is 20.7 Å². The fraction of sp³-hybridized carbons (Fsp3) is 0.812. The van der Waals surface area contributed by atoms with Gasteiger partial charge in [-0.1, -0.05) is 25.4 Å². The smallest absolute Gasteiger partial charge is 0.239 e. The van der Waals surface area contributed by atoms with Crippen molar-refractivity contribution in [2.45, 2.75) is 52.4 Å². The molecular weight excluding hydrogens is 324 g/mol. The van der Waals surface area contributed by atoms with Crippen LogP contribution in [0, 0.1) is 0 Å². The Labute approximate surface area is 149 Å². The van der Waals surface area contributed by atoms with Gasteiger partial charge in [-0.3, -0.25) is 14.4 Å². The zero-order chi connectivity index (χ0) is 18.9. The fourth-order valence-corrected chi connectivity index (χ4v) is 2.06. The summed E-state index contributed by atoms with van der Waals surface area (Å²) in [5, 5.41) is 8.87. The number of rotatable bonds is 14. The van der Waals surface area contributed by atoms with Crippen LogP contribution in [0.3, 0.4) is 0 Å². The Morgan fingerprint density at radius 1 is 0.960 bits per heavy atom. The summed E-state index contributed by atoms with van der Waals surface area (Å²) in [5.74, 6) is -0.745. The summed E-state index contributed by atoms with van der Waals surface area (Å²) >= 11 is 0. The zero-order valence-corrected chi connectivity index (χ0v) is 15.3. The molecular formula is C16H30N6O3. The van der Waals surface area contributed by atoms with E-state index in [0.29, 0.717) is 32.5 Å². The topological polar surface area (TPSA) is 127 Å². The minimum Gasteiger partial charge on any atom is -0.355 e. The number of amides is 3. The molecule has 0 atom stereocenters. The van der Waals surface area contributed by atoms with E-state index in [1.54, 1.807) is 0 Å². The molecule has 0 aliphatic heterocycles. The van der Waals surface area contributed by atoms with Crippen molar-refractivity contribution in [1.82, 2.24) is 15.5 Å². The van der Waals surface area contributed by atoms with Gasteiger partial charge < -0.3 is 15.5 Å². The van der Waals surface area contributed by atoms with Crippen molar-refractivity contribution in [3.05, 3.63) is 10.4 Å². The van der Waals surface area contributed by atoms with Gasteiger partial charge in [-0.2, -0.15) is 0 Å². The van der Waals surface area contributed by atoms with Gasteiger partial charge in [-0.25, -0.2) is 0 Å². The number of unbranched alkanes of at least 4 members (excludes halogenated alkanes) is 2. The van der Waals surface area contributed by atoms with Crippen molar-refractivity contribution in [3.8, 4) is 0 Å². The molecule has 3 amide bonds. The maximum Gasteiger partial charge on any atom is 0.239 e. The van der Waals surface area contributed by atoms with Crippen molar-refractivity contribution in [3.63, 3.8) is 0 Å². The molecule has 0 radical (unpaired) electrons. The van der Waals surface area contributed by atoms with Crippen LogP contribution in [0.4, 0.5) is 0 Å². The molecule has 0 spiro atoms. The van der Waals surface area contributed by atoms with E-state index < -0.39 is 0 Å². The lowest BCUT2D eigenvalue weighted by atomic mass is 10.2. The third-order valence-electron chi connectivity index (χ3n) is 3.38. The van der Waals surface area contributed by atoms with Gasteiger partial charge in [-0.05, 0) is 31.2 Å². The van der Waals surface area contributed by atoms with Crippen LogP contribution in [-0.4, -0.2) is 55.3 Å². The first-order valence-electron chi connectivity index (χ1n) is 8.87. The quantitative estimate of drug-likeness (QED) is 0.213. The maximum atomic E-state index is 12.3. The molecule has 0 unspecified atom stereocenters. The van der Waals surface area contributed by atoms with Crippen molar-refractivity contribution < 1.29 is 14.4 Å². The number of carbonyl (C=O) groups is 3. The maximum absolute atomic E-state index is 12.3. The van der Waals surface area contributed by atoms with E-state index >= 15 is 0 Å². The summed E-state index contributed by atoms with van der Waals surface area (Å²) in [7, 11) is 0. The van der Waals surface area contributed by atoms with Crippen LogP contribution < -0.4 is 10.6 Å². The fourth-order valence-electron chi connectivity index (χ4n) is 2.06. The zero-order valence-electron chi connectivity index (χ0n) is 15.3. The van der Waals surface area contributed by atoms with Crippen LogP contribution in [0.1, 0.15) is 52.4 Å². The molecule has 0 heterocycles. The van der Waals surface area contributed by atoms with Gasteiger partial charge in [0, 0.05) is 31.0 Å². The molecule has 0 aliphatic rings. The van der Waals surface area contributed by atoms with Gasteiger partial charge in [0.25, 0.3) is 0 Å². The summed E-state index contributed by atoms with van der Waals surface area (Å²) in [4.78, 5) is 40.1. The molecule has 142 valence electrons. The minimum atomic E-state index is -0.262. The molecule has 0 bridgehead atoms. The van der Waals surface area contributed by atoms with E-state index in [9.17, 15) is 14.4 Å². The van der Waals surface area contributed by atoms with Crippen LogP contribution in [0.2, 0.25) is 0 Å². The normalized spacial score (nSPS) is 9.84. The van der Waals surface area contributed by atoms with E-state index in [1.807, 2.05) is 13.8 Å². The number of hydrogen-bond donors (Lipinski definition) is 2. The van der Waals surface area contributed by atoms with E-state index in [1.165, 1.54) is 4.90 Å². The molecule has 0 aromatic carbocycles. The third kappa shape index (κ3) is 12.8. The average Bonchev–Trinajstić information content (AvgIpc) is 2.60. The molecule has 0 aromatic heterocycles. The lowest BCUT2D eigenvalue weighted by molar-refractivity contribution is -0.139. The SMILES string of the molecule is CCCNC(=O)CN(CC(=O)NCCC)C(=O)CCCCCN=[N+]=[N-]. The van der Waals surface area contributed by atoms with Crippen molar-refractivity contribution in [2.75, 3.05) is 32.7 Å². The Bertz CT molecular complexity index is 441. The highest BCUT2D eigenvalue weighted by Crippen LogP contribution is 2.04. The van der Waals surface area contributed by atoms with Crippen LogP contribution in [0.25, 0.3) is 10.4 Å². The van der Waals surface area contributed by atoms with Gasteiger partial charge in [0.05, 0.1) is 0 Å². The molecule has 2 N–H and O–H groups in total. The van der Waals surface area contributed by atoms with Crippen molar-refractivity contribution >= 4 is 17.7 Å². The Morgan fingerprint density at radius 3 is 2.00 bits per heavy atom. The number of azide groups is 1. The summed E-state index contributed by atoms with van der Waals surface area (Å²) in [6.45, 7) is 5.15. The monoisotopic (exact) mass is 354 g/mol. The first-order chi connectivity index (χ1) is 12.0. The Morgan fingerprint density at radius 2 is 1.52 bits per heavy atom. The lowest BCUT2D eigenvalue weighted by Crippen LogP contribution is -2.46. The molecule has 0 fully saturated rings. The Hall–Kier alpha value is -2.28. The molecule has 0 saturated heterocycles. The number of nitrogens with zero attached hydrogens (tertiary/aromatic N) is 4. The molecule has 9 nitrogen and oxygen atoms in total. The van der Waals surface area contributed by atoms with Crippen LogP contribution in [0.5, 0.6) is 0 Å². The van der Waals surface area contributed by atoms with Crippen LogP contribution in [-0.2, 0) is 14.4 Å². The van der Waals surface area contributed by atoms with E-state index in [4.69, 9.17) is 5.53 Å². The highest BCUT2D eigenvalue weighted by Gasteiger charge is 2.19. The summed E-state index contributed by atoms with van der Waals surface area (Å²) < 4.78 is 0. The molecule has 25 heavy (non-hydrogen) atoms. The van der Waals surface area contributed by atoms with Crippen LogP contribution in [0.15, 0.2) is 5.11 Å². The third-order valence-corrected chi connectivity index (χ3v) is 3.38. The summed E-state index contributed by atoms with van der Waals surface area (Å²) in [6.07, 6.45) is 3.97. The van der Waals surface area contributed by atoms with Gasteiger partial charge in [0.2, 0.25) is 17.7 Å². The van der Waals surface area contributed by atoms with Crippen molar-refractivity contribution in [1.29, 1.82) is 0 Å². The van der Waals surface area contributed by atoms with Gasteiger partial charge in [0.15, 0.2) is 0 Å². The first-order valence-corrected chi connectivity index (χ1v) is 8.87. The molecule has 0 aromatic rings. The predicted octanol–water partition coefficient (Wildman–Crippen LogP) is 1.74. The molecule has 0 rings (SSSR count). The number of carbonyl (C=O) groups excluding carboxylic acids is 3. The standard InChI is InChI=1S/C16H30N6O3/c1-3-9-18-14(23)12-22(13-15(24)19-10-4-2)16(25)8-6-5-7-11-20-21-17/h3-13H2,1-2H3,(H,18,23)(H,19,24). The van der Waals surface area contributed by atoms with E-state index in [0.717, 1.165) is 19.3 Å². The number of hydrogen-bond acceptors (Lipinski definition) is 4. The second-order valence-electron chi connectivity index (χ2n) is 5.71. The highest BCUT2D eigenvalue weighted by atomic mass is 16.2. The highest BCUT2D eigenvalue weighted by molar-refractivity contribution is 5.89. The van der Waals surface area contributed by atoms with Crippen molar-refractivity contribution in [2.24, 2.45) is 5.11 Å². The van der Waals surface area contributed by atoms with Gasteiger partial charge in [0.1, 0.15) is 13.1 Å². The second kappa shape index (κ2) is 15.3. The summed E-state index contributed by atoms with van der Waals surface area (Å²) in [6, 6.07) is 0. The average molecular weight is 354 g/mol. The lowest BCUT2D eigenvalue weighted by Gasteiger charge is -2.22. The minimum absolute atomic E-state index is 0.114. The van der Waals surface area contributed by atoms with Gasteiger partial charge >= 0.3 is 0 Å². The number of nitrogens with one attached hydrogen (secondary N) is 2. The second-order valence-corrected chi connectivity index (χ2v) is 5.71. The first kappa shape index (κ1) is 22.7. The Kier molecular flexibility index (Phi) is 13.9. The predicted molar refractivity (Wildman–Crippen MR) is 95.7 cm³/mol. The van der Waals surface area contributed by atoms with Gasteiger partial charge in [-0.15, -0.1) is 0 Å². The summed E-state index contributed by atoms with van der Waals surface area (Å²) in [5.41, 5.74) is 8.20. The Balaban J connectivity index is 4.46. The van der Waals surface area contributed by atoms with E-state index in [-0.39, 0.29) is 37.2 Å². The molecule has 0 aliphatic carbocycles.